The molecule has 0 aromatic heterocycles. The lowest BCUT2D eigenvalue weighted by Gasteiger charge is -2.16. The number of rotatable bonds is 5. The summed E-state index contributed by atoms with van der Waals surface area (Å²) in [5.74, 6) is 0.282. The van der Waals surface area contributed by atoms with Crippen LogP contribution in [0.3, 0.4) is 0 Å². The SMILES string of the molecule is CCCOc1ccccc1C(O)c1cccc(F)c1. The molecule has 100 valence electrons. The van der Waals surface area contributed by atoms with Crippen LogP contribution in [0, 0.1) is 5.82 Å². The van der Waals surface area contributed by atoms with Crippen LogP contribution in [0.25, 0.3) is 0 Å². The van der Waals surface area contributed by atoms with Crippen molar-refractivity contribution >= 4 is 0 Å². The summed E-state index contributed by atoms with van der Waals surface area (Å²) in [7, 11) is 0. The first kappa shape index (κ1) is 13.6. The predicted octanol–water partition coefficient (Wildman–Crippen LogP) is 3.70. The van der Waals surface area contributed by atoms with E-state index in [9.17, 15) is 9.50 Å². The minimum atomic E-state index is -0.885. The van der Waals surface area contributed by atoms with Gasteiger partial charge in [-0.2, -0.15) is 0 Å². The summed E-state index contributed by atoms with van der Waals surface area (Å²) in [4.78, 5) is 0. The van der Waals surface area contributed by atoms with Gasteiger partial charge in [-0.1, -0.05) is 37.3 Å². The first-order chi connectivity index (χ1) is 9.22. The Kier molecular flexibility index (Phi) is 4.53. The average molecular weight is 260 g/mol. The van der Waals surface area contributed by atoms with E-state index in [2.05, 4.69) is 0 Å². The molecule has 0 saturated carbocycles. The Morgan fingerprint density at radius 1 is 1.16 bits per heavy atom. The van der Waals surface area contributed by atoms with Crippen molar-refractivity contribution in [2.45, 2.75) is 19.4 Å². The molecule has 0 spiro atoms. The topological polar surface area (TPSA) is 29.5 Å². The fourth-order valence-corrected chi connectivity index (χ4v) is 1.91. The molecule has 19 heavy (non-hydrogen) atoms. The van der Waals surface area contributed by atoms with Gasteiger partial charge < -0.3 is 9.84 Å². The zero-order valence-corrected chi connectivity index (χ0v) is 10.8. The second-order valence-corrected chi connectivity index (χ2v) is 4.34. The number of hydrogen-bond acceptors (Lipinski definition) is 2. The van der Waals surface area contributed by atoms with Gasteiger partial charge in [-0.3, -0.25) is 0 Å². The molecule has 0 saturated heterocycles. The second kappa shape index (κ2) is 6.34. The maximum Gasteiger partial charge on any atom is 0.125 e. The first-order valence-corrected chi connectivity index (χ1v) is 6.37. The maximum absolute atomic E-state index is 13.2. The van der Waals surface area contributed by atoms with E-state index in [4.69, 9.17) is 4.74 Å². The van der Waals surface area contributed by atoms with E-state index in [0.29, 0.717) is 23.5 Å². The summed E-state index contributed by atoms with van der Waals surface area (Å²) in [6.07, 6.45) is 0.00784. The number of benzene rings is 2. The molecule has 0 radical (unpaired) electrons. The van der Waals surface area contributed by atoms with E-state index >= 15 is 0 Å². The maximum atomic E-state index is 13.2. The van der Waals surface area contributed by atoms with Gasteiger partial charge in [-0.15, -0.1) is 0 Å². The van der Waals surface area contributed by atoms with E-state index in [0.717, 1.165) is 6.42 Å². The normalized spacial score (nSPS) is 12.2. The Balaban J connectivity index is 2.30. The fourth-order valence-electron chi connectivity index (χ4n) is 1.91. The van der Waals surface area contributed by atoms with E-state index in [1.165, 1.54) is 12.1 Å². The smallest absolute Gasteiger partial charge is 0.125 e. The van der Waals surface area contributed by atoms with Crippen molar-refractivity contribution in [3.8, 4) is 5.75 Å². The van der Waals surface area contributed by atoms with Crippen molar-refractivity contribution < 1.29 is 14.2 Å². The van der Waals surface area contributed by atoms with Gasteiger partial charge in [0, 0.05) is 5.56 Å². The minimum absolute atomic E-state index is 0.358. The third kappa shape index (κ3) is 3.32. The monoisotopic (exact) mass is 260 g/mol. The molecule has 1 unspecified atom stereocenters. The molecule has 2 aromatic carbocycles. The quantitative estimate of drug-likeness (QED) is 0.888. The lowest BCUT2D eigenvalue weighted by Crippen LogP contribution is -2.05. The lowest BCUT2D eigenvalue weighted by molar-refractivity contribution is 0.210. The number of ether oxygens (including phenoxy) is 1. The van der Waals surface area contributed by atoms with E-state index < -0.39 is 6.10 Å². The third-order valence-corrected chi connectivity index (χ3v) is 2.84. The van der Waals surface area contributed by atoms with Crippen molar-refractivity contribution in [2.75, 3.05) is 6.61 Å². The van der Waals surface area contributed by atoms with Crippen LogP contribution in [0.15, 0.2) is 48.5 Å². The highest BCUT2D eigenvalue weighted by Crippen LogP contribution is 2.30. The lowest BCUT2D eigenvalue weighted by atomic mass is 10.0. The van der Waals surface area contributed by atoms with Crippen molar-refractivity contribution in [1.82, 2.24) is 0 Å². The predicted molar refractivity (Wildman–Crippen MR) is 72.7 cm³/mol. The zero-order valence-electron chi connectivity index (χ0n) is 10.8. The van der Waals surface area contributed by atoms with Crippen molar-refractivity contribution in [3.63, 3.8) is 0 Å². The molecule has 0 heterocycles. The molecule has 2 aromatic rings. The molecule has 0 aliphatic carbocycles. The van der Waals surface area contributed by atoms with Gasteiger partial charge >= 0.3 is 0 Å². The molecule has 3 heteroatoms. The molecule has 2 nitrogen and oxygen atoms in total. The molecule has 0 fully saturated rings. The molecular formula is C16H17FO2. The van der Waals surface area contributed by atoms with Gasteiger partial charge in [0.25, 0.3) is 0 Å². The minimum Gasteiger partial charge on any atom is -0.493 e. The number of aliphatic hydroxyl groups is 1. The summed E-state index contributed by atoms with van der Waals surface area (Å²) in [6, 6.07) is 13.3. The second-order valence-electron chi connectivity index (χ2n) is 4.34. The van der Waals surface area contributed by atoms with Gasteiger partial charge in [0.1, 0.15) is 17.7 Å². The highest BCUT2D eigenvalue weighted by molar-refractivity contribution is 5.40. The average Bonchev–Trinajstić information content (AvgIpc) is 2.44. The number of halogens is 1. The van der Waals surface area contributed by atoms with Crippen LogP contribution < -0.4 is 4.74 Å². The molecule has 2 rings (SSSR count). The van der Waals surface area contributed by atoms with Gasteiger partial charge in [-0.05, 0) is 30.2 Å². The molecule has 1 N–H and O–H groups in total. The van der Waals surface area contributed by atoms with Crippen LogP contribution >= 0.6 is 0 Å². The summed E-state index contributed by atoms with van der Waals surface area (Å²) < 4.78 is 18.8. The van der Waals surface area contributed by atoms with Crippen LogP contribution in [-0.4, -0.2) is 11.7 Å². The zero-order chi connectivity index (χ0) is 13.7. The Labute approximate surface area is 112 Å². The highest BCUT2D eigenvalue weighted by Gasteiger charge is 2.15. The van der Waals surface area contributed by atoms with Crippen molar-refractivity contribution in [3.05, 3.63) is 65.5 Å². The standard InChI is InChI=1S/C16H17FO2/c1-2-10-19-15-9-4-3-8-14(15)16(18)12-6-5-7-13(17)11-12/h3-9,11,16,18H,2,10H2,1H3. The largest absolute Gasteiger partial charge is 0.493 e. The van der Waals surface area contributed by atoms with Gasteiger partial charge in [0.2, 0.25) is 0 Å². The van der Waals surface area contributed by atoms with Gasteiger partial charge in [0.05, 0.1) is 6.61 Å². The number of aliphatic hydroxyl groups excluding tert-OH is 1. The Bertz CT molecular complexity index is 540. The molecule has 0 bridgehead atoms. The third-order valence-electron chi connectivity index (χ3n) is 2.84. The molecule has 1 atom stereocenters. The first-order valence-electron chi connectivity index (χ1n) is 6.37. The summed E-state index contributed by atoms with van der Waals surface area (Å²) in [5.41, 5.74) is 1.18. The fraction of sp³-hybridized carbons (Fsp3) is 0.250. The van der Waals surface area contributed by atoms with Crippen LogP contribution in [0.2, 0.25) is 0 Å². The van der Waals surface area contributed by atoms with Crippen LogP contribution in [0.5, 0.6) is 5.75 Å². The van der Waals surface area contributed by atoms with Gasteiger partial charge in [-0.25, -0.2) is 4.39 Å². The molecule has 0 amide bonds. The molecule has 0 aliphatic heterocycles. The van der Waals surface area contributed by atoms with Crippen molar-refractivity contribution in [2.24, 2.45) is 0 Å². The Morgan fingerprint density at radius 2 is 1.95 bits per heavy atom. The number of hydrogen-bond donors (Lipinski definition) is 1. The van der Waals surface area contributed by atoms with E-state index in [1.54, 1.807) is 18.2 Å². The van der Waals surface area contributed by atoms with Gasteiger partial charge in [0.15, 0.2) is 0 Å². The van der Waals surface area contributed by atoms with Crippen LogP contribution in [0.1, 0.15) is 30.6 Å². The summed E-state index contributed by atoms with van der Waals surface area (Å²) in [6.45, 7) is 2.61. The molecular weight excluding hydrogens is 243 g/mol. The van der Waals surface area contributed by atoms with E-state index in [1.807, 2.05) is 25.1 Å². The van der Waals surface area contributed by atoms with Crippen LogP contribution in [0.4, 0.5) is 4.39 Å². The molecule has 0 aliphatic rings. The van der Waals surface area contributed by atoms with E-state index in [-0.39, 0.29) is 5.82 Å². The highest BCUT2D eigenvalue weighted by atomic mass is 19.1. The summed E-state index contributed by atoms with van der Waals surface area (Å²) in [5, 5.41) is 10.3. The Morgan fingerprint density at radius 3 is 2.68 bits per heavy atom. The van der Waals surface area contributed by atoms with Crippen molar-refractivity contribution in [1.29, 1.82) is 0 Å². The summed E-state index contributed by atoms with van der Waals surface area (Å²) >= 11 is 0. The van der Waals surface area contributed by atoms with Crippen LogP contribution in [-0.2, 0) is 0 Å². The number of para-hydroxylation sites is 1. The Hall–Kier alpha value is -1.87.